The summed E-state index contributed by atoms with van der Waals surface area (Å²) < 4.78 is 4.58. The van der Waals surface area contributed by atoms with Gasteiger partial charge in [-0.2, -0.15) is 0 Å². The molecule has 18 heavy (non-hydrogen) atoms. The number of esters is 1. The highest BCUT2D eigenvalue weighted by Crippen LogP contribution is 2.22. The molecule has 0 unspecified atom stereocenters. The minimum atomic E-state index is -0.541. The lowest BCUT2D eigenvalue weighted by Crippen LogP contribution is -2.08. The largest absolute Gasteiger partial charge is 0.464 e. The maximum Gasteiger partial charge on any atom is 0.358 e. The van der Waals surface area contributed by atoms with Crippen molar-refractivity contribution in [3.63, 3.8) is 0 Å². The zero-order valence-corrected chi connectivity index (χ0v) is 10.2. The van der Waals surface area contributed by atoms with Gasteiger partial charge in [0.1, 0.15) is 0 Å². The van der Waals surface area contributed by atoms with Gasteiger partial charge in [-0.15, -0.1) is 0 Å². The molecule has 0 spiro atoms. The van der Waals surface area contributed by atoms with Crippen molar-refractivity contribution in [1.82, 2.24) is 9.97 Å². The van der Waals surface area contributed by atoms with Gasteiger partial charge in [0.2, 0.25) is 0 Å². The Kier molecular flexibility index (Phi) is 3.23. The van der Waals surface area contributed by atoms with Gasteiger partial charge in [0.15, 0.2) is 5.69 Å². The normalized spacial score (nSPS) is 10.1. The second kappa shape index (κ2) is 4.83. The number of nitrogen functional groups attached to an aromatic ring is 1. The van der Waals surface area contributed by atoms with Crippen LogP contribution in [0.3, 0.4) is 0 Å². The van der Waals surface area contributed by atoms with Crippen molar-refractivity contribution in [2.75, 3.05) is 12.8 Å². The van der Waals surface area contributed by atoms with Crippen LogP contribution in [0.4, 0.5) is 5.69 Å². The highest BCUT2D eigenvalue weighted by Gasteiger charge is 2.12. The number of hydrogen-bond acceptors (Lipinski definition) is 5. The van der Waals surface area contributed by atoms with E-state index in [2.05, 4.69) is 14.7 Å². The lowest BCUT2D eigenvalue weighted by Gasteiger charge is -2.06. The number of nitrogens with zero attached hydrogens (tertiary/aromatic N) is 2. The third-order valence-corrected chi connectivity index (χ3v) is 2.54. The molecule has 92 valence electrons. The Labute approximate surface area is 105 Å². The van der Waals surface area contributed by atoms with Gasteiger partial charge < -0.3 is 10.5 Å². The SMILES string of the molecule is COC(=O)c1ncc(-c2ccc(C)nc2)cc1N. The topological polar surface area (TPSA) is 78.1 Å². The van der Waals surface area contributed by atoms with E-state index in [1.807, 2.05) is 19.1 Å². The van der Waals surface area contributed by atoms with Crippen LogP contribution in [-0.4, -0.2) is 23.0 Å². The summed E-state index contributed by atoms with van der Waals surface area (Å²) in [6, 6.07) is 5.52. The quantitative estimate of drug-likeness (QED) is 0.814. The van der Waals surface area contributed by atoms with Crippen LogP contribution in [0, 0.1) is 6.92 Å². The predicted octanol–water partition coefficient (Wildman–Crippen LogP) is 1.82. The van der Waals surface area contributed by atoms with E-state index in [0.29, 0.717) is 5.69 Å². The Morgan fingerprint density at radius 3 is 2.50 bits per heavy atom. The Bertz CT molecular complexity index is 579. The second-order valence-corrected chi connectivity index (χ2v) is 3.84. The van der Waals surface area contributed by atoms with Crippen molar-refractivity contribution in [1.29, 1.82) is 0 Å². The standard InChI is InChI=1S/C13H13N3O2/c1-8-3-4-9(6-15-8)10-5-11(14)12(16-7-10)13(17)18-2/h3-7H,14H2,1-2H3. The molecule has 0 saturated carbocycles. The number of aryl methyl sites for hydroxylation is 1. The maximum absolute atomic E-state index is 11.3. The molecule has 5 nitrogen and oxygen atoms in total. The third-order valence-electron chi connectivity index (χ3n) is 2.54. The third kappa shape index (κ3) is 2.29. The number of ether oxygens (including phenoxy) is 1. The van der Waals surface area contributed by atoms with Gasteiger partial charge in [-0.25, -0.2) is 9.78 Å². The van der Waals surface area contributed by atoms with Crippen LogP contribution in [0.2, 0.25) is 0 Å². The first-order valence-corrected chi connectivity index (χ1v) is 5.38. The monoisotopic (exact) mass is 243 g/mol. The van der Waals surface area contributed by atoms with Crippen LogP contribution in [0.1, 0.15) is 16.2 Å². The van der Waals surface area contributed by atoms with Gasteiger partial charge in [0, 0.05) is 29.2 Å². The van der Waals surface area contributed by atoms with Gasteiger partial charge in [0.25, 0.3) is 0 Å². The fraction of sp³-hybridized carbons (Fsp3) is 0.154. The Hall–Kier alpha value is -2.43. The molecule has 0 aliphatic heterocycles. The summed E-state index contributed by atoms with van der Waals surface area (Å²) in [6.45, 7) is 1.91. The van der Waals surface area contributed by atoms with Crippen molar-refractivity contribution in [3.8, 4) is 11.1 Å². The zero-order valence-electron chi connectivity index (χ0n) is 10.2. The molecular formula is C13H13N3O2. The fourth-order valence-electron chi connectivity index (χ4n) is 1.55. The minimum Gasteiger partial charge on any atom is -0.464 e. The summed E-state index contributed by atoms with van der Waals surface area (Å²) in [5, 5.41) is 0. The lowest BCUT2D eigenvalue weighted by atomic mass is 10.1. The number of methoxy groups -OCH3 is 1. The van der Waals surface area contributed by atoms with Crippen molar-refractivity contribution < 1.29 is 9.53 Å². The van der Waals surface area contributed by atoms with Crippen molar-refractivity contribution >= 4 is 11.7 Å². The number of anilines is 1. The molecule has 2 aromatic heterocycles. The lowest BCUT2D eigenvalue weighted by molar-refractivity contribution is 0.0595. The van der Waals surface area contributed by atoms with E-state index in [1.54, 1.807) is 18.5 Å². The summed E-state index contributed by atoms with van der Waals surface area (Å²) >= 11 is 0. The molecule has 0 fully saturated rings. The van der Waals surface area contributed by atoms with E-state index in [-0.39, 0.29) is 5.69 Å². The van der Waals surface area contributed by atoms with Gasteiger partial charge >= 0.3 is 5.97 Å². The van der Waals surface area contributed by atoms with Crippen LogP contribution in [-0.2, 0) is 4.74 Å². The molecule has 5 heteroatoms. The van der Waals surface area contributed by atoms with E-state index < -0.39 is 5.97 Å². The summed E-state index contributed by atoms with van der Waals surface area (Å²) in [4.78, 5) is 19.6. The van der Waals surface area contributed by atoms with Crippen LogP contribution < -0.4 is 5.73 Å². The van der Waals surface area contributed by atoms with E-state index in [1.165, 1.54) is 7.11 Å². The molecule has 0 radical (unpaired) electrons. The van der Waals surface area contributed by atoms with Crippen molar-refractivity contribution in [2.45, 2.75) is 6.92 Å². The number of hydrogen-bond donors (Lipinski definition) is 1. The number of aromatic nitrogens is 2. The number of carbonyl (C=O) groups excluding carboxylic acids is 1. The van der Waals surface area contributed by atoms with Crippen LogP contribution >= 0.6 is 0 Å². The Balaban J connectivity index is 2.40. The van der Waals surface area contributed by atoms with Crippen molar-refractivity contribution in [3.05, 3.63) is 42.0 Å². The van der Waals surface area contributed by atoms with Gasteiger partial charge in [-0.1, -0.05) is 6.07 Å². The number of carbonyl (C=O) groups is 1. The predicted molar refractivity (Wildman–Crippen MR) is 68.0 cm³/mol. The molecule has 0 aromatic carbocycles. The van der Waals surface area contributed by atoms with Gasteiger partial charge in [-0.3, -0.25) is 4.98 Å². The molecule has 2 aromatic rings. The highest BCUT2D eigenvalue weighted by atomic mass is 16.5. The minimum absolute atomic E-state index is 0.126. The molecule has 0 saturated heterocycles. The average Bonchev–Trinajstić information content (AvgIpc) is 2.38. The zero-order chi connectivity index (χ0) is 13.1. The van der Waals surface area contributed by atoms with Crippen LogP contribution in [0.25, 0.3) is 11.1 Å². The average molecular weight is 243 g/mol. The molecule has 0 atom stereocenters. The Morgan fingerprint density at radius 1 is 1.22 bits per heavy atom. The number of nitrogens with two attached hydrogens (primary N) is 1. The summed E-state index contributed by atoms with van der Waals surface area (Å²) in [7, 11) is 1.29. The summed E-state index contributed by atoms with van der Waals surface area (Å²) in [6.07, 6.45) is 3.32. The van der Waals surface area contributed by atoms with E-state index in [4.69, 9.17) is 5.73 Å². The van der Waals surface area contributed by atoms with Crippen molar-refractivity contribution in [2.24, 2.45) is 0 Å². The molecule has 0 aliphatic carbocycles. The number of rotatable bonds is 2. The summed E-state index contributed by atoms with van der Waals surface area (Å²) in [5.41, 5.74) is 8.85. The first-order chi connectivity index (χ1) is 8.61. The molecular weight excluding hydrogens is 230 g/mol. The van der Waals surface area contributed by atoms with E-state index >= 15 is 0 Å². The number of pyridine rings is 2. The van der Waals surface area contributed by atoms with Gasteiger partial charge in [0.05, 0.1) is 12.8 Å². The van der Waals surface area contributed by atoms with E-state index in [0.717, 1.165) is 16.8 Å². The molecule has 0 bridgehead atoms. The highest BCUT2D eigenvalue weighted by molar-refractivity contribution is 5.93. The molecule has 2 N–H and O–H groups in total. The smallest absolute Gasteiger partial charge is 0.358 e. The van der Waals surface area contributed by atoms with Crippen LogP contribution in [0.5, 0.6) is 0 Å². The molecule has 0 aliphatic rings. The molecule has 2 heterocycles. The Morgan fingerprint density at radius 2 is 1.94 bits per heavy atom. The van der Waals surface area contributed by atoms with Gasteiger partial charge in [-0.05, 0) is 19.1 Å². The molecule has 0 amide bonds. The fourth-order valence-corrected chi connectivity index (χ4v) is 1.55. The molecule has 2 rings (SSSR count). The summed E-state index contributed by atoms with van der Waals surface area (Å²) in [5.74, 6) is -0.541. The first kappa shape index (κ1) is 12.0. The van der Waals surface area contributed by atoms with Crippen LogP contribution in [0.15, 0.2) is 30.6 Å². The maximum atomic E-state index is 11.3. The van der Waals surface area contributed by atoms with E-state index in [9.17, 15) is 4.79 Å². The second-order valence-electron chi connectivity index (χ2n) is 3.84. The first-order valence-electron chi connectivity index (χ1n) is 5.38.